The highest BCUT2D eigenvalue weighted by Gasteiger charge is 2.20. The van der Waals surface area contributed by atoms with Crippen LogP contribution in [0.5, 0.6) is 0 Å². The maximum atomic E-state index is 11.9. The topological polar surface area (TPSA) is 55.1 Å². The van der Waals surface area contributed by atoms with Crippen molar-refractivity contribution in [3.05, 3.63) is 35.9 Å². The van der Waals surface area contributed by atoms with E-state index in [4.69, 9.17) is 5.73 Å². The second-order valence-electron chi connectivity index (χ2n) is 4.55. The lowest BCUT2D eigenvalue weighted by Crippen LogP contribution is -2.45. The summed E-state index contributed by atoms with van der Waals surface area (Å²) in [6.45, 7) is 6.01. The fraction of sp³-hybridized carbons (Fsp3) is 0.500. The van der Waals surface area contributed by atoms with Crippen molar-refractivity contribution in [1.82, 2.24) is 5.32 Å². The van der Waals surface area contributed by atoms with Crippen molar-refractivity contribution in [2.24, 2.45) is 11.7 Å². The van der Waals surface area contributed by atoms with Gasteiger partial charge < -0.3 is 11.1 Å². The van der Waals surface area contributed by atoms with Gasteiger partial charge in [-0.05, 0) is 18.4 Å². The number of hydrogen-bond donors (Lipinski definition) is 2. The lowest BCUT2D eigenvalue weighted by molar-refractivity contribution is -0.124. The van der Waals surface area contributed by atoms with Crippen LogP contribution >= 0.6 is 0 Å². The molecule has 0 fully saturated rings. The summed E-state index contributed by atoms with van der Waals surface area (Å²) in [4.78, 5) is 11.9. The number of carbonyl (C=O) groups excluding carboxylic acids is 1. The van der Waals surface area contributed by atoms with E-state index in [1.165, 1.54) is 0 Å². The Balaban J connectivity index is 2.57. The molecular formula is C14H22N2O. The molecule has 1 amide bonds. The molecule has 0 aliphatic heterocycles. The molecular weight excluding hydrogens is 212 g/mol. The molecule has 1 aromatic carbocycles. The summed E-state index contributed by atoms with van der Waals surface area (Å²) >= 11 is 0. The van der Waals surface area contributed by atoms with Gasteiger partial charge in [-0.2, -0.15) is 0 Å². The van der Waals surface area contributed by atoms with Gasteiger partial charge in [-0.3, -0.25) is 4.79 Å². The van der Waals surface area contributed by atoms with E-state index < -0.39 is 6.04 Å². The Kier molecular flexibility index (Phi) is 5.16. The predicted molar refractivity (Wildman–Crippen MR) is 70.4 cm³/mol. The molecule has 0 aromatic heterocycles. The van der Waals surface area contributed by atoms with Crippen molar-refractivity contribution in [1.29, 1.82) is 0 Å². The van der Waals surface area contributed by atoms with Crippen molar-refractivity contribution in [3.63, 3.8) is 0 Å². The summed E-state index contributed by atoms with van der Waals surface area (Å²) in [5, 5.41) is 2.95. The first kappa shape index (κ1) is 13.7. The third kappa shape index (κ3) is 3.86. The number of rotatable bonds is 5. The van der Waals surface area contributed by atoms with Crippen LogP contribution in [0.1, 0.15) is 38.8 Å². The third-order valence-corrected chi connectivity index (χ3v) is 3.22. The highest BCUT2D eigenvalue weighted by atomic mass is 16.2. The van der Waals surface area contributed by atoms with E-state index in [0.29, 0.717) is 0 Å². The van der Waals surface area contributed by atoms with Gasteiger partial charge in [0.05, 0.1) is 12.1 Å². The smallest absolute Gasteiger partial charge is 0.237 e. The summed E-state index contributed by atoms with van der Waals surface area (Å²) in [5.74, 6) is 0.133. The number of amides is 1. The second-order valence-corrected chi connectivity index (χ2v) is 4.55. The third-order valence-electron chi connectivity index (χ3n) is 3.22. The molecule has 0 bridgehead atoms. The van der Waals surface area contributed by atoms with Gasteiger partial charge in [0.1, 0.15) is 0 Å². The van der Waals surface area contributed by atoms with Gasteiger partial charge in [0.15, 0.2) is 0 Å². The number of benzene rings is 1. The minimum atomic E-state index is -0.425. The van der Waals surface area contributed by atoms with Gasteiger partial charge in [0, 0.05) is 0 Å². The molecule has 0 aliphatic rings. The fourth-order valence-electron chi connectivity index (χ4n) is 1.65. The van der Waals surface area contributed by atoms with Crippen LogP contribution < -0.4 is 11.1 Å². The van der Waals surface area contributed by atoms with E-state index in [0.717, 1.165) is 12.0 Å². The Morgan fingerprint density at radius 2 is 1.88 bits per heavy atom. The average molecular weight is 234 g/mol. The highest BCUT2D eigenvalue weighted by molar-refractivity contribution is 5.82. The molecule has 3 atom stereocenters. The van der Waals surface area contributed by atoms with E-state index in [-0.39, 0.29) is 17.9 Å². The largest absolute Gasteiger partial charge is 0.348 e. The van der Waals surface area contributed by atoms with E-state index in [2.05, 4.69) is 5.32 Å². The Bertz CT molecular complexity index is 350. The predicted octanol–water partition coefficient (Wildman–Crippen LogP) is 2.24. The first-order chi connectivity index (χ1) is 8.06. The Morgan fingerprint density at radius 3 is 2.41 bits per heavy atom. The molecule has 0 saturated carbocycles. The lowest BCUT2D eigenvalue weighted by Gasteiger charge is -2.21. The van der Waals surface area contributed by atoms with Crippen molar-refractivity contribution in [3.8, 4) is 0 Å². The van der Waals surface area contributed by atoms with Gasteiger partial charge >= 0.3 is 0 Å². The summed E-state index contributed by atoms with van der Waals surface area (Å²) in [5.41, 5.74) is 6.98. The summed E-state index contributed by atoms with van der Waals surface area (Å²) < 4.78 is 0. The van der Waals surface area contributed by atoms with Gasteiger partial charge in [0.25, 0.3) is 0 Å². The van der Waals surface area contributed by atoms with E-state index >= 15 is 0 Å². The van der Waals surface area contributed by atoms with Crippen LogP contribution in [-0.2, 0) is 4.79 Å². The van der Waals surface area contributed by atoms with Crippen LogP contribution in [0.25, 0.3) is 0 Å². The Hall–Kier alpha value is -1.35. The van der Waals surface area contributed by atoms with Crippen molar-refractivity contribution in [2.75, 3.05) is 0 Å². The molecule has 3 nitrogen and oxygen atoms in total. The van der Waals surface area contributed by atoms with Crippen LogP contribution in [0, 0.1) is 5.92 Å². The summed E-state index contributed by atoms with van der Waals surface area (Å²) in [6.07, 6.45) is 0.911. The van der Waals surface area contributed by atoms with Crippen LogP contribution in [0.2, 0.25) is 0 Å². The zero-order chi connectivity index (χ0) is 12.8. The zero-order valence-corrected chi connectivity index (χ0v) is 10.8. The van der Waals surface area contributed by atoms with Crippen LogP contribution in [0.3, 0.4) is 0 Å². The molecule has 0 saturated heterocycles. The number of hydrogen-bond acceptors (Lipinski definition) is 2. The second kappa shape index (κ2) is 6.40. The fourth-order valence-corrected chi connectivity index (χ4v) is 1.65. The van der Waals surface area contributed by atoms with Gasteiger partial charge in [0.2, 0.25) is 5.91 Å². The van der Waals surface area contributed by atoms with Crippen molar-refractivity contribution < 1.29 is 4.79 Å². The summed E-state index contributed by atoms with van der Waals surface area (Å²) in [6, 6.07) is 9.46. The van der Waals surface area contributed by atoms with Gasteiger partial charge in [-0.15, -0.1) is 0 Å². The monoisotopic (exact) mass is 234 g/mol. The quantitative estimate of drug-likeness (QED) is 0.821. The number of nitrogens with one attached hydrogen (secondary N) is 1. The molecule has 0 spiro atoms. The molecule has 3 heteroatoms. The van der Waals surface area contributed by atoms with Crippen LogP contribution in [-0.4, -0.2) is 11.9 Å². The molecule has 3 N–H and O–H groups in total. The molecule has 94 valence electrons. The minimum Gasteiger partial charge on any atom is -0.348 e. The van der Waals surface area contributed by atoms with E-state index in [1.807, 2.05) is 51.1 Å². The van der Waals surface area contributed by atoms with Crippen LogP contribution in [0.4, 0.5) is 0 Å². The Morgan fingerprint density at radius 1 is 1.29 bits per heavy atom. The molecule has 0 aliphatic carbocycles. The van der Waals surface area contributed by atoms with Gasteiger partial charge in [-0.25, -0.2) is 0 Å². The van der Waals surface area contributed by atoms with Crippen molar-refractivity contribution >= 4 is 5.91 Å². The van der Waals surface area contributed by atoms with Crippen LogP contribution in [0.15, 0.2) is 30.3 Å². The lowest BCUT2D eigenvalue weighted by atomic mass is 9.98. The first-order valence-corrected chi connectivity index (χ1v) is 6.17. The van der Waals surface area contributed by atoms with Crippen molar-refractivity contribution in [2.45, 2.75) is 39.3 Å². The molecule has 2 unspecified atom stereocenters. The Labute approximate surface area is 103 Å². The highest BCUT2D eigenvalue weighted by Crippen LogP contribution is 2.12. The summed E-state index contributed by atoms with van der Waals surface area (Å²) in [7, 11) is 0. The minimum absolute atomic E-state index is 0.00111. The first-order valence-electron chi connectivity index (χ1n) is 6.17. The van der Waals surface area contributed by atoms with E-state index in [9.17, 15) is 4.79 Å². The maximum absolute atomic E-state index is 11.9. The average Bonchev–Trinajstić information content (AvgIpc) is 2.37. The number of nitrogens with two attached hydrogens (primary N) is 1. The molecule has 0 radical (unpaired) electrons. The van der Waals surface area contributed by atoms with E-state index in [1.54, 1.807) is 0 Å². The molecule has 1 rings (SSSR count). The number of carbonyl (C=O) groups is 1. The zero-order valence-electron chi connectivity index (χ0n) is 10.8. The molecule has 1 aromatic rings. The SMILES string of the molecule is CCC(C)C(N)C(=O)N[C@H](C)c1ccccc1. The van der Waals surface area contributed by atoms with Gasteiger partial charge in [-0.1, -0.05) is 50.6 Å². The molecule has 0 heterocycles. The molecule has 17 heavy (non-hydrogen) atoms. The standard InChI is InChI=1S/C14H22N2O/c1-4-10(2)13(15)14(17)16-11(3)12-8-6-5-7-9-12/h5-11,13H,4,15H2,1-3H3,(H,16,17)/t10?,11-,13?/m1/s1. The normalized spacial score (nSPS) is 16.0. The maximum Gasteiger partial charge on any atom is 0.237 e.